The van der Waals surface area contributed by atoms with Crippen LogP contribution in [-0.4, -0.2) is 66.5 Å². The SMILES string of the molecule is CC/C=C\C/C=C\C/C=C\C/C=C\CCCCCCCCC(=O)OC(COC(=O)CCCCCCC/C=C\C/C=C\CCC)COP(=O)(O)OCC(CO)OC(=O)CCCCCCCCC/C=C\CCCCCCCC. The summed E-state index contributed by atoms with van der Waals surface area (Å²) in [5.41, 5.74) is 0. The van der Waals surface area contributed by atoms with E-state index < -0.39 is 57.8 Å². The molecule has 3 unspecified atom stereocenters. The number of carbonyl (C=O) groups is 3. The lowest BCUT2D eigenvalue weighted by atomic mass is 10.1. The molecule has 0 bridgehead atoms. The van der Waals surface area contributed by atoms with Gasteiger partial charge in [-0.15, -0.1) is 0 Å². The van der Waals surface area contributed by atoms with Crippen LogP contribution in [0.5, 0.6) is 0 Å². The second kappa shape index (κ2) is 57.8. The number of aliphatic hydroxyl groups is 1. The van der Waals surface area contributed by atoms with E-state index in [1.807, 2.05) is 0 Å². The first-order valence-corrected chi connectivity index (χ1v) is 32.0. The third-order valence-corrected chi connectivity index (χ3v) is 13.7. The highest BCUT2D eigenvalue weighted by molar-refractivity contribution is 7.47. The summed E-state index contributed by atoms with van der Waals surface area (Å²) >= 11 is 0. The molecule has 12 heteroatoms. The summed E-state index contributed by atoms with van der Waals surface area (Å²) in [6, 6.07) is 0. The van der Waals surface area contributed by atoms with Gasteiger partial charge in [0.15, 0.2) is 6.10 Å². The van der Waals surface area contributed by atoms with E-state index in [2.05, 4.69) is 106 Å². The molecule has 0 rings (SSSR count). The standard InChI is InChI=1S/C64H111O11P/c1-4-7-10-13-16-19-22-25-27-29-30-32-34-37-40-43-46-49-52-55-64(68)75-61(57-71-62(66)53-50-47-44-41-38-35-24-21-18-15-12-9-6-3)59-73-76(69,70)72-58-60(56-65)74-63(67)54-51-48-45-42-39-36-33-31-28-26-23-20-17-14-11-8-5-2/h7,10,12,15-16,19,21,24-28,30,32,60-61,65H,4-6,8-9,11,13-14,17-18,20,22-23,29,31,33-59H2,1-3H3,(H,69,70)/b10-7-,15-12-,19-16-,24-21-,27-25-,28-26-,32-30-. The molecule has 0 spiro atoms. The van der Waals surface area contributed by atoms with E-state index in [-0.39, 0.29) is 25.9 Å². The fraction of sp³-hybridized carbons (Fsp3) is 0.734. The molecule has 0 radical (unpaired) electrons. The first-order chi connectivity index (χ1) is 37.2. The molecule has 0 amide bonds. The molecule has 0 aliphatic rings. The summed E-state index contributed by atoms with van der Waals surface area (Å²) in [7, 11) is -4.76. The number of hydrogen-bond acceptors (Lipinski definition) is 10. The molecule has 0 saturated carbocycles. The summed E-state index contributed by atoms with van der Waals surface area (Å²) in [5, 5.41) is 9.84. The average molecular weight is 1090 g/mol. The predicted molar refractivity (Wildman–Crippen MR) is 316 cm³/mol. The number of esters is 3. The molecule has 0 aliphatic carbocycles. The summed E-state index contributed by atoms with van der Waals surface area (Å²) < 4.78 is 39.6. The van der Waals surface area contributed by atoms with Crippen molar-refractivity contribution in [2.75, 3.05) is 26.4 Å². The van der Waals surface area contributed by atoms with Crippen molar-refractivity contribution < 1.29 is 52.2 Å². The first-order valence-electron chi connectivity index (χ1n) is 30.5. The van der Waals surface area contributed by atoms with Crippen molar-refractivity contribution >= 4 is 25.7 Å². The van der Waals surface area contributed by atoms with Crippen molar-refractivity contribution in [1.82, 2.24) is 0 Å². The van der Waals surface area contributed by atoms with Crippen LogP contribution in [0.2, 0.25) is 0 Å². The lowest BCUT2D eigenvalue weighted by Gasteiger charge is -2.21. The highest BCUT2D eigenvalue weighted by Gasteiger charge is 2.28. The van der Waals surface area contributed by atoms with Crippen molar-refractivity contribution in [1.29, 1.82) is 0 Å². The number of aliphatic hydroxyl groups excluding tert-OH is 1. The smallest absolute Gasteiger partial charge is 0.462 e. The van der Waals surface area contributed by atoms with Crippen molar-refractivity contribution in [3.8, 4) is 0 Å². The van der Waals surface area contributed by atoms with Crippen LogP contribution in [0.1, 0.15) is 265 Å². The van der Waals surface area contributed by atoms with Crippen LogP contribution >= 0.6 is 7.82 Å². The maximum atomic E-state index is 12.9. The van der Waals surface area contributed by atoms with E-state index in [1.54, 1.807) is 0 Å². The highest BCUT2D eigenvalue weighted by Crippen LogP contribution is 2.43. The zero-order valence-corrected chi connectivity index (χ0v) is 49.3. The van der Waals surface area contributed by atoms with Crippen LogP contribution in [0.3, 0.4) is 0 Å². The van der Waals surface area contributed by atoms with Gasteiger partial charge in [-0.1, -0.05) is 221 Å². The van der Waals surface area contributed by atoms with Crippen LogP contribution in [-0.2, 0) is 42.2 Å². The van der Waals surface area contributed by atoms with E-state index in [9.17, 15) is 28.9 Å². The van der Waals surface area contributed by atoms with Crippen molar-refractivity contribution in [2.24, 2.45) is 0 Å². The maximum Gasteiger partial charge on any atom is 0.472 e. The number of allylic oxidation sites excluding steroid dienone is 14. The molecule has 76 heavy (non-hydrogen) atoms. The minimum Gasteiger partial charge on any atom is -0.462 e. The molecule has 0 heterocycles. The van der Waals surface area contributed by atoms with Crippen LogP contribution in [0.4, 0.5) is 0 Å². The van der Waals surface area contributed by atoms with Gasteiger partial charge >= 0.3 is 25.7 Å². The van der Waals surface area contributed by atoms with E-state index in [0.717, 1.165) is 135 Å². The monoisotopic (exact) mass is 1090 g/mol. The quantitative estimate of drug-likeness (QED) is 0.0197. The molecule has 0 aromatic carbocycles. The normalized spacial score (nSPS) is 13.9. The van der Waals surface area contributed by atoms with Gasteiger partial charge in [0.2, 0.25) is 0 Å². The highest BCUT2D eigenvalue weighted by atomic mass is 31.2. The van der Waals surface area contributed by atoms with Crippen molar-refractivity contribution in [3.05, 3.63) is 85.1 Å². The minimum absolute atomic E-state index is 0.145. The fourth-order valence-electron chi connectivity index (χ4n) is 8.14. The van der Waals surface area contributed by atoms with Crippen molar-refractivity contribution in [3.63, 3.8) is 0 Å². The number of carbonyl (C=O) groups excluding carboxylic acids is 3. The van der Waals surface area contributed by atoms with Crippen LogP contribution < -0.4 is 0 Å². The van der Waals surface area contributed by atoms with E-state index in [4.69, 9.17) is 23.3 Å². The molecule has 0 fully saturated rings. The summed E-state index contributed by atoms with van der Waals surface area (Å²) in [4.78, 5) is 48.6. The molecule has 0 aromatic rings. The van der Waals surface area contributed by atoms with Gasteiger partial charge in [0.05, 0.1) is 19.8 Å². The van der Waals surface area contributed by atoms with Crippen LogP contribution in [0.25, 0.3) is 0 Å². The number of phosphoric ester groups is 1. The average Bonchev–Trinajstić information content (AvgIpc) is 3.41. The molecular weight excluding hydrogens is 976 g/mol. The zero-order valence-electron chi connectivity index (χ0n) is 48.5. The largest absolute Gasteiger partial charge is 0.472 e. The Morgan fingerprint density at radius 1 is 0.382 bits per heavy atom. The second-order valence-corrected chi connectivity index (χ2v) is 21.6. The molecule has 3 atom stereocenters. The third kappa shape index (κ3) is 55.4. The number of unbranched alkanes of at least 4 members (excludes halogenated alkanes) is 25. The maximum absolute atomic E-state index is 12.9. The number of rotatable bonds is 56. The van der Waals surface area contributed by atoms with Gasteiger partial charge in [-0.3, -0.25) is 23.4 Å². The molecule has 0 aromatic heterocycles. The first kappa shape index (κ1) is 72.7. The summed E-state index contributed by atoms with van der Waals surface area (Å²) in [6.45, 7) is 4.44. The van der Waals surface area contributed by atoms with Gasteiger partial charge in [-0.25, -0.2) is 4.57 Å². The van der Waals surface area contributed by atoms with Crippen LogP contribution in [0.15, 0.2) is 85.1 Å². The Bertz CT molecular complexity index is 1600. The summed E-state index contributed by atoms with van der Waals surface area (Å²) in [5.74, 6) is -1.50. The molecule has 0 aliphatic heterocycles. The van der Waals surface area contributed by atoms with Gasteiger partial charge in [-0.2, -0.15) is 0 Å². The summed E-state index contributed by atoms with van der Waals surface area (Å²) in [6.07, 6.45) is 66.7. The Morgan fingerprint density at radius 2 is 0.711 bits per heavy atom. The molecule has 0 saturated heterocycles. The molecule has 11 nitrogen and oxygen atoms in total. The number of hydrogen-bond donors (Lipinski definition) is 2. The Balaban J connectivity index is 4.72. The minimum atomic E-state index is -4.76. The Labute approximate surface area is 464 Å². The van der Waals surface area contributed by atoms with E-state index in [0.29, 0.717) is 19.3 Å². The van der Waals surface area contributed by atoms with Gasteiger partial charge in [-0.05, 0) is 109 Å². The van der Waals surface area contributed by atoms with Gasteiger partial charge in [0.1, 0.15) is 12.7 Å². The molecular formula is C64H111O11P. The van der Waals surface area contributed by atoms with E-state index >= 15 is 0 Å². The predicted octanol–water partition coefficient (Wildman–Crippen LogP) is 18.3. The Morgan fingerprint density at radius 3 is 1.12 bits per heavy atom. The lowest BCUT2D eigenvalue weighted by molar-refractivity contribution is -0.161. The Hall–Kier alpha value is -3.34. The molecule has 438 valence electrons. The second-order valence-electron chi connectivity index (χ2n) is 20.1. The fourth-order valence-corrected chi connectivity index (χ4v) is 8.93. The topological polar surface area (TPSA) is 155 Å². The third-order valence-electron chi connectivity index (χ3n) is 12.8. The van der Waals surface area contributed by atoms with Crippen LogP contribution in [0, 0.1) is 0 Å². The van der Waals surface area contributed by atoms with Gasteiger partial charge < -0.3 is 24.2 Å². The number of phosphoric acid groups is 1. The molecule has 2 N–H and O–H groups in total. The van der Waals surface area contributed by atoms with E-state index in [1.165, 1.54) is 70.6 Å². The van der Waals surface area contributed by atoms with Gasteiger partial charge in [0, 0.05) is 19.3 Å². The lowest BCUT2D eigenvalue weighted by Crippen LogP contribution is -2.30. The van der Waals surface area contributed by atoms with Crippen molar-refractivity contribution in [2.45, 2.75) is 277 Å². The zero-order chi connectivity index (χ0) is 55.5. The van der Waals surface area contributed by atoms with Gasteiger partial charge in [0.25, 0.3) is 0 Å². The Kier molecular flexibility index (Phi) is 55.3. The number of ether oxygens (including phenoxy) is 3.